The second kappa shape index (κ2) is 11.9. The van der Waals surface area contributed by atoms with Crippen LogP contribution in [0.4, 0.5) is 4.79 Å². The minimum atomic E-state index is -3.00. The first-order valence-corrected chi connectivity index (χ1v) is 13.3. The third-order valence-corrected chi connectivity index (χ3v) is 10.1. The van der Waals surface area contributed by atoms with Gasteiger partial charge in [0, 0.05) is 0 Å². The molecule has 0 radical (unpaired) electrons. The molecule has 1 rings (SSSR count). The summed E-state index contributed by atoms with van der Waals surface area (Å²) in [6, 6.07) is -0.0635. The van der Waals surface area contributed by atoms with Crippen LogP contribution in [0.2, 0.25) is 0 Å². The molecule has 0 bridgehead atoms. The van der Waals surface area contributed by atoms with E-state index in [-0.39, 0.29) is 6.04 Å². The molecule has 0 spiro atoms. The van der Waals surface area contributed by atoms with E-state index in [9.17, 15) is 9.35 Å². The highest BCUT2D eigenvalue weighted by Gasteiger charge is 2.48. The Morgan fingerprint density at radius 1 is 1.35 bits per heavy atom. The minimum absolute atomic E-state index is 0.0635. The number of carbonyl (C=O) groups is 1. The van der Waals surface area contributed by atoms with Gasteiger partial charge < -0.3 is 13.6 Å². The van der Waals surface area contributed by atoms with Gasteiger partial charge in [0.2, 0.25) is 0 Å². The Balaban J connectivity index is 3.04. The van der Waals surface area contributed by atoms with Crippen LogP contribution in [0.1, 0.15) is 46.5 Å². The predicted octanol–water partition coefficient (Wildman–Crippen LogP) is 3.87. The summed E-state index contributed by atoms with van der Waals surface area (Å²) in [5, 5.41) is 4.28. The fraction of sp³-hybridized carbons (Fsp3) is 0.857. The van der Waals surface area contributed by atoms with Crippen molar-refractivity contribution in [1.29, 1.82) is 0 Å². The average Bonchev–Trinajstić information content (AvgIpc) is 3.12. The second-order valence-electron chi connectivity index (χ2n) is 5.44. The number of nitrogens with zero attached hydrogens (tertiary/aromatic N) is 3. The van der Waals surface area contributed by atoms with Gasteiger partial charge in [-0.2, -0.15) is 0 Å². The zero-order valence-corrected chi connectivity index (χ0v) is 19.2. The molecule has 1 saturated carbocycles. The van der Waals surface area contributed by atoms with Crippen LogP contribution in [0.25, 0.3) is 0 Å². The summed E-state index contributed by atoms with van der Waals surface area (Å²) in [5.41, 5.74) is 0. The quantitative estimate of drug-likeness (QED) is 0.132. The smallest absolute Gasteiger partial charge is 0.479 e. The molecule has 1 fully saturated rings. The molecule has 0 aromatic rings. The van der Waals surface area contributed by atoms with Crippen LogP contribution in [-0.2, 0) is 37.2 Å². The molecular weight excluding hydrogens is 417 g/mol. The molecule has 0 heterocycles. The molecule has 1 unspecified atom stereocenters. The van der Waals surface area contributed by atoms with Gasteiger partial charge in [0.1, 0.15) is 5.04 Å². The number of hydrogen-bond donors (Lipinski definition) is 0. The summed E-state index contributed by atoms with van der Waals surface area (Å²) in [6.45, 7) is 3.02. The predicted molar refractivity (Wildman–Crippen MR) is 111 cm³/mol. The van der Waals surface area contributed by atoms with Crippen molar-refractivity contribution in [3.05, 3.63) is 0 Å². The van der Waals surface area contributed by atoms with Crippen molar-refractivity contribution in [2.75, 3.05) is 26.5 Å². The lowest BCUT2D eigenvalue weighted by Crippen LogP contribution is -2.47. The van der Waals surface area contributed by atoms with E-state index in [1.807, 2.05) is 20.1 Å². The monoisotopic (exact) mass is 445 g/mol. The fourth-order valence-electron chi connectivity index (χ4n) is 2.40. The first-order valence-electron chi connectivity index (χ1n) is 8.44. The first-order chi connectivity index (χ1) is 12.3. The first kappa shape index (κ1) is 24.2. The highest BCUT2D eigenvalue weighted by Crippen LogP contribution is 2.57. The van der Waals surface area contributed by atoms with E-state index in [2.05, 4.69) is 5.16 Å². The maximum Gasteiger partial charge on any atom is 0.479 e. The van der Waals surface area contributed by atoms with E-state index in [0.717, 1.165) is 30.0 Å². The molecule has 8 nitrogen and oxygen atoms in total. The molecule has 1 amide bonds. The summed E-state index contributed by atoms with van der Waals surface area (Å²) in [5.74, 6) is 0. The lowest BCUT2D eigenvalue weighted by atomic mass is 10.3. The number of carbonyl (C=O) groups excluding carboxylic acids is 1. The summed E-state index contributed by atoms with van der Waals surface area (Å²) in [7, 11) is 1.39. The Hall–Kier alpha value is 0.130. The lowest BCUT2D eigenvalue weighted by molar-refractivity contribution is 0.133. The van der Waals surface area contributed by atoms with Crippen molar-refractivity contribution in [2.45, 2.75) is 52.5 Å². The molecule has 1 atom stereocenters. The van der Waals surface area contributed by atoms with Crippen molar-refractivity contribution in [3.8, 4) is 0 Å². The fourth-order valence-corrected chi connectivity index (χ4v) is 7.82. The van der Waals surface area contributed by atoms with E-state index in [1.54, 1.807) is 11.0 Å². The molecule has 152 valence electrons. The van der Waals surface area contributed by atoms with Gasteiger partial charge in [0.05, 0.1) is 26.3 Å². The van der Waals surface area contributed by atoms with Crippen molar-refractivity contribution in [1.82, 2.24) is 8.38 Å². The molecule has 0 aliphatic heterocycles. The van der Waals surface area contributed by atoms with E-state index in [0.29, 0.717) is 18.3 Å². The number of amides is 1. The Kier molecular flexibility index (Phi) is 11.0. The molecule has 12 heteroatoms. The maximum atomic E-state index is 13.2. The zero-order chi connectivity index (χ0) is 19.7. The summed E-state index contributed by atoms with van der Waals surface area (Å²) in [4.78, 5) is 17.1. The molecule has 1 aliphatic carbocycles. The molecule has 1 aliphatic rings. The Labute approximate surface area is 168 Å². The Morgan fingerprint density at radius 3 is 2.35 bits per heavy atom. The highest BCUT2D eigenvalue weighted by molar-refractivity contribution is 8.13. The van der Waals surface area contributed by atoms with Crippen LogP contribution in [0.15, 0.2) is 5.16 Å². The Bertz CT molecular complexity index is 524. The largest absolute Gasteiger partial charge is 0.573 e. The molecule has 26 heavy (non-hydrogen) atoms. The van der Waals surface area contributed by atoms with Gasteiger partial charge in [0.25, 0.3) is 0 Å². The van der Waals surface area contributed by atoms with E-state index < -0.39 is 24.3 Å². The van der Waals surface area contributed by atoms with Crippen LogP contribution in [0.5, 0.6) is 0 Å². The SMILES string of the molecule is CCOP(=S)(OCC)N(C1CCCC1)[S+]([O-])N(C)C(=O)ON=C(C)SC. The zero-order valence-electron chi connectivity index (χ0n) is 15.9. The van der Waals surface area contributed by atoms with E-state index in [1.165, 1.54) is 18.8 Å². The van der Waals surface area contributed by atoms with Gasteiger partial charge in [-0.3, -0.25) is 4.84 Å². The molecular formula is C14H28N3O5PS3. The minimum Gasteiger partial charge on any atom is -0.573 e. The summed E-state index contributed by atoms with van der Waals surface area (Å²) in [6.07, 6.45) is 4.67. The van der Waals surface area contributed by atoms with Crippen LogP contribution in [0.3, 0.4) is 0 Å². The van der Waals surface area contributed by atoms with Crippen molar-refractivity contribution < 1.29 is 23.2 Å². The third-order valence-electron chi connectivity index (χ3n) is 3.66. The van der Waals surface area contributed by atoms with Crippen molar-refractivity contribution in [2.24, 2.45) is 5.16 Å². The summed E-state index contributed by atoms with van der Waals surface area (Å²) >= 11 is 5.10. The Morgan fingerprint density at radius 2 is 1.88 bits per heavy atom. The van der Waals surface area contributed by atoms with Gasteiger partial charge in [-0.05, 0) is 55.8 Å². The van der Waals surface area contributed by atoms with Crippen molar-refractivity contribution in [3.63, 3.8) is 0 Å². The average molecular weight is 446 g/mol. The lowest BCUT2D eigenvalue weighted by Gasteiger charge is -2.36. The molecule has 0 aromatic heterocycles. The third kappa shape index (κ3) is 6.63. The number of oxime groups is 1. The van der Waals surface area contributed by atoms with Crippen molar-refractivity contribution >= 4 is 52.9 Å². The molecule has 0 aromatic carbocycles. The normalized spacial score (nSPS) is 17.6. The van der Waals surface area contributed by atoms with Crippen LogP contribution >= 0.6 is 18.4 Å². The number of thioether (sulfide) groups is 1. The van der Waals surface area contributed by atoms with Gasteiger partial charge in [0.15, 0.2) is 11.5 Å². The second-order valence-corrected chi connectivity index (χ2v) is 11.4. The summed E-state index contributed by atoms with van der Waals surface area (Å²) < 4.78 is 27.2. The molecule has 0 N–H and O–H groups in total. The van der Waals surface area contributed by atoms with Gasteiger partial charge >= 0.3 is 12.7 Å². The van der Waals surface area contributed by atoms with E-state index in [4.69, 9.17) is 25.7 Å². The van der Waals surface area contributed by atoms with Crippen LogP contribution < -0.4 is 0 Å². The standard InChI is InChI=1S/C14H28N3O5PS3/c1-6-20-23(24,21-7-2)17(13-10-8-9-11-13)26(19)16(4)14(18)22-15-12(3)25-5/h13H,6-11H2,1-5H3. The van der Waals surface area contributed by atoms with Gasteiger partial charge in [-0.25, -0.2) is 4.79 Å². The van der Waals surface area contributed by atoms with Crippen LogP contribution in [0, 0.1) is 0 Å². The van der Waals surface area contributed by atoms with Gasteiger partial charge in [-0.15, -0.1) is 16.1 Å². The molecule has 0 saturated heterocycles. The highest BCUT2D eigenvalue weighted by atomic mass is 32.5. The van der Waals surface area contributed by atoms with Gasteiger partial charge in [-0.1, -0.05) is 18.0 Å². The van der Waals surface area contributed by atoms with E-state index >= 15 is 0 Å². The van der Waals surface area contributed by atoms with Crippen LogP contribution in [-0.4, -0.2) is 56.6 Å². The number of rotatable bonds is 9. The topological polar surface area (TPSA) is 86.7 Å². The maximum absolute atomic E-state index is 13.2. The number of hydrogen-bond acceptors (Lipinski definition) is 8.